The lowest BCUT2D eigenvalue weighted by Crippen LogP contribution is -2.08. The van der Waals surface area contributed by atoms with Crippen molar-refractivity contribution in [2.75, 3.05) is 13.2 Å². The van der Waals surface area contributed by atoms with E-state index in [1.807, 2.05) is 12.1 Å². The Morgan fingerprint density at radius 3 is 2.17 bits per heavy atom. The number of hydrogen-bond acceptors (Lipinski definition) is 8. The van der Waals surface area contributed by atoms with Gasteiger partial charge in [-0.15, -0.1) is 0 Å². The average Bonchev–Trinajstić information content (AvgIpc) is 2.93. The second kappa shape index (κ2) is 13.9. The van der Waals surface area contributed by atoms with Crippen molar-refractivity contribution in [1.29, 1.82) is 0 Å². The molecule has 0 fully saturated rings. The highest BCUT2D eigenvalue weighted by atomic mass is 16.5. The lowest BCUT2D eigenvalue weighted by atomic mass is 9.98. The summed E-state index contributed by atoms with van der Waals surface area (Å²) in [7, 11) is 0. The van der Waals surface area contributed by atoms with Gasteiger partial charge in [0.05, 0.1) is 18.8 Å². The van der Waals surface area contributed by atoms with E-state index in [9.17, 15) is 19.2 Å². The Bertz CT molecular complexity index is 1510. The number of esters is 3. The Hall–Kier alpha value is -4.72. The summed E-state index contributed by atoms with van der Waals surface area (Å²) < 4.78 is 21.3. The minimum absolute atomic E-state index is 0.194. The van der Waals surface area contributed by atoms with Crippen molar-refractivity contribution in [3.8, 4) is 16.9 Å². The second-order valence-corrected chi connectivity index (χ2v) is 9.31. The van der Waals surface area contributed by atoms with Gasteiger partial charge in [0.2, 0.25) is 0 Å². The van der Waals surface area contributed by atoms with Crippen LogP contribution in [-0.4, -0.2) is 31.1 Å². The molecule has 0 aliphatic heterocycles. The van der Waals surface area contributed by atoms with Crippen LogP contribution in [0.2, 0.25) is 0 Å². The molecule has 2 aromatic carbocycles. The Balaban J connectivity index is 1.90. The molecule has 0 bridgehead atoms. The minimum Gasteiger partial charge on any atom is -0.463 e. The number of carbonyl (C=O) groups excluding carboxylic acids is 3. The summed E-state index contributed by atoms with van der Waals surface area (Å²) in [6.45, 7) is 14.1. The Morgan fingerprint density at radius 1 is 0.875 bits per heavy atom. The zero-order valence-corrected chi connectivity index (χ0v) is 22.7. The van der Waals surface area contributed by atoms with Crippen LogP contribution >= 0.6 is 0 Å². The normalized spacial score (nSPS) is 10.6. The Kier molecular flexibility index (Phi) is 10.4. The summed E-state index contributed by atoms with van der Waals surface area (Å²) in [6, 6.07) is 12.2. The predicted molar refractivity (Wildman–Crippen MR) is 152 cm³/mol. The molecule has 208 valence electrons. The first-order chi connectivity index (χ1) is 19.1. The molecule has 8 heteroatoms. The molecule has 40 heavy (non-hydrogen) atoms. The number of carbonyl (C=O) groups is 3. The van der Waals surface area contributed by atoms with Gasteiger partial charge in [0.25, 0.3) is 0 Å². The highest BCUT2D eigenvalue weighted by molar-refractivity contribution is 5.89. The molecule has 0 saturated carbocycles. The molecule has 0 aliphatic rings. The zero-order valence-electron chi connectivity index (χ0n) is 22.7. The molecule has 0 spiro atoms. The molecule has 0 N–H and O–H groups in total. The van der Waals surface area contributed by atoms with E-state index in [-0.39, 0.29) is 18.8 Å². The summed E-state index contributed by atoms with van der Waals surface area (Å²) >= 11 is 0. The summed E-state index contributed by atoms with van der Waals surface area (Å²) in [5.74, 6) is -1.14. The van der Waals surface area contributed by atoms with Crippen LogP contribution in [0.4, 0.5) is 0 Å². The number of rotatable bonds is 13. The maximum absolute atomic E-state index is 13.0. The third-order valence-electron chi connectivity index (χ3n) is 5.89. The van der Waals surface area contributed by atoms with Crippen LogP contribution in [0.5, 0.6) is 5.75 Å². The van der Waals surface area contributed by atoms with Crippen LogP contribution in [0.15, 0.2) is 88.6 Å². The van der Waals surface area contributed by atoms with Gasteiger partial charge >= 0.3 is 23.5 Å². The van der Waals surface area contributed by atoms with Gasteiger partial charge in [-0.1, -0.05) is 37.9 Å². The predicted octanol–water partition coefficient (Wildman–Crippen LogP) is 5.66. The van der Waals surface area contributed by atoms with Gasteiger partial charge in [0, 0.05) is 22.6 Å². The Morgan fingerprint density at radius 2 is 1.52 bits per heavy atom. The van der Waals surface area contributed by atoms with Crippen LogP contribution in [-0.2, 0) is 36.7 Å². The molecular formula is C32H32O8. The van der Waals surface area contributed by atoms with Crippen LogP contribution in [0.25, 0.3) is 22.1 Å². The largest absolute Gasteiger partial charge is 0.463 e. The van der Waals surface area contributed by atoms with Gasteiger partial charge in [0.1, 0.15) is 11.3 Å². The van der Waals surface area contributed by atoms with E-state index in [1.54, 1.807) is 44.2 Å². The molecule has 0 atom stereocenters. The van der Waals surface area contributed by atoms with E-state index in [1.165, 1.54) is 0 Å². The molecule has 1 aromatic heterocycles. The van der Waals surface area contributed by atoms with Crippen molar-refractivity contribution < 1.29 is 33.0 Å². The number of fused-ring (bicyclic) bond motifs is 1. The molecule has 3 aromatic rings. The van der Waals surface area contributed by atoms with Gasteiger partial charge in [-0.2, -0.15) is 0 Å². The number of ether oxygens (including phenoxy) is 3. The van der Waals surface area contributed by atoms with Crippen LogP contribution in [0.3, 0.4) is 0 Å². The van der Waals surface area contributed by atoms with Crippen molar-refractivity contribution in [3.63, 3.8) is 0 Å². The fourth-order valence-electron chi connectivity index (χ4n) is 3.86. The fraction of sp³-hybridized carbons (Fsp3) is 0.250. The summed E-state index contributed by atoms with van der Waals surface area (Å²) in [5.41, 5.74) is 3.26. The van der Waals surface area contributed by atoms with Crippen molar-refractivity contribution in [3.05, 3.63) is 101 Å². The Labute approximate surface area is 232 Å². The number of benzene rings is 2. The zero-order chi connectivity index (χ0) is 29.2. The standard InChI is InChI=1S/C32H32O8/c1-6-28(33)37-15-7-9-22-17-24(10-8-16-38-30(34)20(2)3)29-25(18-22)19-27(32(36)40-29)23-11-13-26(14-12-23)39-31(35)21(4)5/h6,11-14,17-19H,1-2,4,7-10,15-16H2,3,5H3. The molecule has 0 aliphatic carbocycles. The first-order valence-corrected chi connectivity index (χ1v) is 12.8. The van der Waals surface area contributed by atoms with E-state index < -0.39 is 23.5 Å². The van der Waals surface area contributed by atoms with Crippen molar-refractivity contribution in [2.24, 2.45) is 0 Å². The maximum atomic E-state index is 13.0. The summed E-state index contributed by atoms with van der Waals surface area (Å²) in [6.07, 6.45) is 3.36. The molecule has 1 heterocycles. The number of aryl methyl sites for hydroxylation is 2. The molecule has 0 unspecified atom stereocenters. The van der Waals surface area contributed by atoms with E-state index in [0.717, 1.165) is 22.6 Å². The minimum atomic E-state index is -0.535. The lowest BCUT2D eigenvalue weighted by Gasteiger charge is -2.12. The van der Waals surface area contributed by atoms with Crippen molar-refractivity contribution in [2.45, 2.75) is 39.5 Å². The van der Waals surface area contributed by atoms with Crippen molar-refractivity contribution >= 4 is 28.9 Å². The van der Waals surface area contributed by atoms with E-state index >= 15 is 0 Å². The average molecular weight is 545 g/mol. The van der Waals surface area contributed by atoms with Gasteiger partial charge in [0.15, 0.2) is 0 Å². The van der Waals surface area contributed by atoms with Crippen LogP contribution < -0.4 is 10.4 Å². The quantitative estimate of drug-likeness (QED) is 0.0892. The van der Waals surface area contributed by atoms with Gasteiger partial charge in [-0.3, -0.25) is 0 Å². The van der Waals surface area contributed by atoms with Crippen LogP contribution in [0, 0.1) is 0 Å². The van der Waals surface area contributed by atoms with Gasteiger partial charge in [-0.25, -0.2) is 19.2 Å². The smallest absolute Gasteiger partial charge is 0.344 e. The second-order valence-electron chi connectivity index (χ2n) is 9.31. The number of hydrogen-bond donors (Lipinski definition) is 0. The fourth-order valence-corrected chi connectivity index (χ4v) is 3.86. The molecule has 0 amide bonds. The third-order valence-corrected chi connectivity index (χ3v) is 5.89. The molecule has 3 rings (SSSR count). The molecular weight excluding hydrogens is 512 g/mol. The van der Waals surface area contributed by atoms with Gasteiger partial charge in [-0.05, 0) is 80.5 Å². The highest BCUT2D eigenvalue weighted by Gasteiger charge is 2.14. The first-order valence-electron chi connectivity index (χ1n) is 12.8. The molecule has 0 radical (unpaired) electrons. The van der Waals surface area contributed by atoms with E-state index in [0.29, 0.717) is 53.7 Å². The molecule has 8 nitrogen and oxygen atoms in total. The SMILES string of the molecule is C=CC(=O)OCCCc1cc(CCCOC(=O)C(=C)C)c2oc(=O)c(-c3ccc(OC(=O)C(=C)C)cc3)cc2c1. The van der Waals surface area contributed by atoms with Crippen molar-refractivity contribution in [1.82, 2.24) is 0 Å². The van der Waals surface area contributed by atoms with Crippen LogP contribution in [0.1, 0.15) is 37.8 Å². The lowest BCUT2D eigenvalue weighted by molar-refractivity contribution is -0.139. The van der Waals surface area contributed by atoms with E-state index in [2.05, 4.69) is 19.7 Å². The topological polar surface area (TPSA) is 109 Å². The van der Waals surface area contributed by atoms with E-state index in [4.69, 9.17) is 18.6 Å². The first kappa shape index (κ1) is 29.8. The molecule has 0 saturated heterocycles. The van der Waals surface area contributed by atoms with Gasteiger partial charge < -0.3 is 18.6 Å². The summed E-state index contributed by atoms with van der Waals surface area (Å²) in [4.78, 5) is 47.9. The monoisotopic (exact) mass is 544 g/mol. The third kappa shape index (κ3) is 8.14. The highest BCUT2D eigenvalue weighted by Crippen LogP contribution is 2.28. The maximum Gasteiger partial charge on any atom is 0.344 e. The summed E-state index contributed by atoms with van der Waals surface area (Å²) in [5, 5.41) is 0.724.